The van der Waals surface area contributed by atoms with Crippen molar-refractivity contribution in [3.63, 3.8) is 0 Å². The molecule has 1 N–H and O–H groups in total. The summed E-state index contributed by atoms with van der Waals surface area (Å²) in [4.78, 5) is 12.4. The van der Waals surface area contributed by atoms with Gasteiger partial charge in [0, 0.05) is 18.3 Å². The highest BCUT2D eigenvalue weighted by Gasteiger charge is 2.57. The van der Waals surface area contributed by atoms with Crippen LogP contribution >= 0.6 is 0 Å². The number of carbonyl (C=O) groups excluding carboxylic acids is 1. The van der Waals surface area contributed by atoms with Gasteiger partial charge in [-0.05, 0) is 41.9 Å². The molecular weight excluding hydrogens is 272 g/mol. The highest BCUT2D eigenvalue weighted by Crippen LogP contribution is 2.63. The van der Waals surface area contributed by atoms with Gasteiger partial charge in [0.1, 0.15) is 5.78 Å². The number of hydrogen-bond donors (Lipinski definition) is 1. The van der Waals surface area contributed by atoms with Crippen LogP contribution in [0.3, 0.4) is 0 Å². The first-order valence-corrected chi connectivity index (χ1v) is 8.67. The van der Waals surface area contributed by atoms with Gasteiger partial charge in [0.2, 0.25) is 0 Å². The molecular formula is C20H30O2. The monoisotopic (exact) mass is 302 g/mol. The summed E-state index contributed by atoms with van der Waals surface area (Å²) in [6.07, 6.45) is 8.19. The number of allylic oxidation sites excluding steroid dienone is 1. The van der Waals surface area contributed by atoms with Crippen LogP contribution in [0.2, 0.25) is 0 Å². The molecule has 122 valence electrons. The third kappa shape index (κ3) is 2.14. The highest BCUT2D eigenvalue weighted by molar-refractivity contribution is 5.81. The second-order valence-corrected chi connectivity index (χ2v) is 9.07. The summed E-state index contributed by atoms with van der Waals surface area (Å²) in [6, 6.07) is 0. The summed E-state index contributed by atoms with van der Waals surface area (Å²) in [5.41, 5.74) is 1.23. The first-order valence-electron chi connectivity index (χ1n) is 8.67. The Labute approximate surface area is 134 Å². The van der Waals surface area contributed by atoms with Gasteiger partial charge in [0.15, 0.2) is 0 Å². The Bertz CT molecular complexity index is 544. The number of fused-ring (bicyclic) bond motifs is 3. The maximum atomic E-state index is 12.4. The maximum absolute atomic E-state index is 12.4. The number of ketones is 1. The lowest BCUT2D eigenvalue weighted by Crippen LogP contribution is -2.54. The Morgan fingerprint density at radius 3 is 2.59 bits per heavy atom. The topological polar surface area (TPSA) is 37.3 Å². The first kappa shape index (κ1) is 16.0. The Balaban J connectivity index is 2.04. The van der Waals surface area contributed by atoms with E-state index < -0.39 is 6.10 Å². The lowest BCUT2D eigenvalue weighted by molar-refractivity contribution is -0.140. The van der Waals surface area contributed by atoms with Crippen LogP contribution in [0, 0.1) is 28.1 Å². The van der Waals surface area contributed by atoms with E-state index in [1.807, 2.05) is 6.08 Å². The summed E-state index contributed by atoms with van der Waals surface area (Å²) in [7, 11) is 0. The quantitative estimate of drug-likeness (QED) is 0.734. The zero-order valence-electron chi connectivity index (χ0n) is 14.5. The van der Waals surface area contributed by atoms with Crippen LogP contribution < -0.4 is 0 Å². The van der Waals surface area contributed by atoms with E-state index in [1.165, 1.54) is 12.0 Å². The number of aliphatic hydroxyl groups excluding tert-OH is 1. The molecule has 0 aromatic heterocycles. The van der Waals surface area contributed by atoms with Crippen LogP contribution in [-0.2, 0) is 4.79 Å². The van der Waals surface area contributed by atoms with Crippen molar-refractivity contribution in [1.29, 1.82) is 0 Å². The third-order valence-corrected chi connectivity index (χ3v) is 7.05. The van der Waals surface area contributed by atoms with Crippen molar-refractivity contribution in [2.75, 3.05) is 0 Å². The summed E-state index contributed by atoms with van der Waals surface area (Å²) in [6.45, 7) is 12.8. The average Bonchev–Trinajstić information content (AvgIpc) is 2.39. The molecule has 2 heteroatoms. The highest BCUT2D eigenvalue weighted by atomic mass is 16.3. The number of hydrogen-bond acceptors (Lipinski definition) is 2. The molecule has 2 fully saturated rings. The van der Waals surface area contributed by atoms with Crippen LogP contribution in [-0.4, -0.2) is 17.0 Å². The van der Waals surface area contributed by atoms with E-state index in [2.05, 4.69) is 40.3 Å². The molecule has 0 aliphatic heterocycles. The third-order valence-electron chi connectivity index (χ3n) is 7.05. The Kier molecular flexibility index (Phi) is 3.49. The molecule has 22 heavy (non-hydrogen) atoms. The normalized spacial score (nSPS) is 47.2. The van der Waals surface area contributed by atoms with Crippen molar-refractivity contribution in [1.82, 2.24) is 0 Å². The Morgan fingerprint density at radius 1 is 1.27 bits per heavy atom. The second kappa shape index (κ2) is 4.80. The van der Waals surface area contributed by atoms with Crippen LogP contribution in [0.25, 0.3) is 0 Å². The van der Waals surface area contributed by atoms with Crippen molar-refractivity contribution in [3.05, 3.63) is 24.3 Å². The van der Waals surface area contributed by atoms with E-state index in [4.69, 9.17) is 0 Å². The van der Waals surface area contributed by atoms with Crippen molar-refractivity contribution in [2.24, 2.45) is 28.1 Å². The largest absolute Gasteiger partial charge is 0.392 e. The van der Waals surface area contributed by atoms with Crippen molar-refractivity contribution in [3.8, 4) is 0 Å². The average molecular weight is 302 g/mol. The molecule has 5 unspecified atom stereocenters. The van der Waals surface area contributed by atoms with E-state index >= 15 is 0 Å². The Hall–Kier alpha value is -0.890. The molecule has 0 aromatic carbocycles. The predicted octanol–water partition coefficient (Wildman–Crippen LogP) is 4.29. The Morgan fingerprint density at radius 2 is 1.95 bits per heavy atom. The molecule has 0 amide bonds. The van der Waals surface area contributed by atoms with E-state index in [1.54, 1.807) is 0 Å². The summed E-state index contributed by atoms with van der Waals surface area (Å²) in [5, 5.41) is 10.7. The molecule has 0 heterocycles. The minimum absolute atomic E-state index is 0.00635. The lowest BCUT2D eigenvalue weighted by Gasteiger charge is -2.59. The summed E-state index contributed by atoms with van der Waals surface area (Å²) in [5.74, 6) is 1.31. The molecule has 3 rings (SSSR count). The molecule has 2 saturated carbocycles. The standard InChI is InChI=1S/C20H30O2/c1-6-19(4)10-13-7-8-16-18(2,3)11-14(21)12-20(16,5)15(13)9-17(19)22/h6,10,15-17,22H,1,7-9,11-12H2,2-5H3. The van der Waals surface area contributed by atoms with Crippen LogP contribution in [0.1, 0.15) is 59.8 Å². The van der Waals surface area contributed by atoms with Crippen LogP contribution in [0.4, 0.5) is 0 Å². The number of Topliss-reactive ketones (excluding diaryl/α,β-unsaturated/α-hetero) is 1. The van der Waals surface area contributed by atoms with Crippen LogP contribution in [0.15, 0.2) is 24.3 Å². The molecule has 0 radical (unpaired) electrons. The van der Waals surface area contributed by atoms with Gasteiger partial charge >= 0.3 is 0 Å². The zero-order chi connectivity index (χ0) is 16.3. The lowest BCUT2D eigenvalue weighted by atomic mass is 9.45. The van der Waals surface area contributed by atoms with Crippen LogP contribution in [0.5, 0.6) is 0 Å². The van der Waals surface area contributed by atoms with E-state index in [-0.39, 0.29) is 16.2 Å². The van der Waals surface area contributed by atoms with Gasteiger partial charge in [-0.1, -0.05) is 45.4 Å². The van der Waals surface area contributed by atoms with Gasteiger partial charge < -0.3 is 5.11 Å². The van der Waals surface area contributed by atoms with E-state index in [0.717, 1.165) is 12.8 Å². The molecule has 5 atom stereocenters. The molecule has 2 nitrogen and oxygen atoms in total. The fourth-order valence-electron chi connectivity index (χ4n) is 5.89. The van der Waals surface area contributed by atoms with Gasteiger partial charge in [-0.3, -0.25) is 4.79 Å². The maximum Gasteiger partial charge on any atom is 0.134 e. The van der Waals surface area contributed by atoms with Crippen molar-refractivity contribution in [2.45, 2.75) is 65.9 Å². The minimum atomic E-state index is -0.394. The summed E-state index contributed by atoms with van der Waals surface area (Å²) < 4.78 is 0. The molecule has 0 spiro atoms. The molecule has 0 bridgehead atoms. The number of carbonyl (C=O) groups is 1. The van der Waals surface area contributed by atoms with E-state index in [9.17, 15) is 9.90 Å². The van der Waals surface area contributed by atoms with Gasteiger partial charge in [-0.25, -0.2) is 0 Å². The molecule has 3 aliphatic rings. The smallest absolute Gasteiger partial charge is 0.134 e. The van der Waals surface area contributed by atoms with Gasteiger partial charge in [0.25, 0.3) is 0 Å². The van der Waals surface area contributed by atoms with Gasteiger partial charge in [0.05, 0.1) is 6.10 Å². The molecule has 3 aliphatic carbocycles. The number of aliphatic hydroxyl groups is 1. The van der Waals surface area contributed by atoms with Crippen molar-refractivity contribution >= 4 is 5.78 Å². The fourth-order valence-corrected chi connectivity index (χ4v) is 5.89. The predicted molar refractivity (Wildman–Crippen MR) is 89.4 cm³/mol. The second-order valence-electron chi connectivity index (χ2n) is 9.07. The minimum Gasteiger partial charge on any atom is -0.392 e. The zero-order valence-corrected chi connectivity index (χ0v) is 14.5. The van der Waals surface area contributed by atoms with Gasteiger partial charge in [-0.2, -0.15) is 0 Å². The fraction of sp³-hybridized carbons (Fsp3) is 0.750. The SMILES string of the molecule is C=CC1(C)C=C2CCC3C(C)(C)CC(=O)CC3(C)C2CC1O. The summed E-state index contributed by atoms with van der Waals surface area (Å²) >= 11 is 0. The number of rotatable bonds is 1. The molecule has 0 saturated heterocycles. The van der Waals surface area contributed by atoms with Gasteiger partial charge in [-0.15, -0.1) is 6.58 Å². The van der Waals surface area contributed by atoms with Crippen molar-refractivity contribution < 1.29 is 9.90 Å². The first-order chi connectivity index (χ1) is 10.1. The molecule has 0 aromatic rings. The van der Waals surface area contributed by atoms with E-state index in [0.29, 0.717) is 30.5 Å².